The molecule has 37 heavy (non-hydrogen) atoms. The predicted octanol–water partition coefficient (Wildman–Crippen LogP) is 4.72. The minimum absolute atomic E-state index is 0.00647. The van der Waals surface area contributed by atoms with E-state index in [1.165, 1.54) is 35.6 Å². The third-order valence-electron chi connectivity index (χ3n) is 7.77. The van der Waals surface area contributed by atoms with Gasteiger partial charge in [-0.05, 0) is 60.3 Å². The minimum atomic E-state index is -0.00647. The SMILES string of the molecule is C=CC(=O)N1CCc2c(c(C(C)C)nc(N3CCN(C(=O)CCOC)C(C4CC4)C3)c2CCC)C1.CC. The zero-order valence-electron chi connectivity index (χ0n) is 24.0. The average Bonchev–Trinajstić information content (AvgIpc) is 3.77. The standard InChI is InChI=1S/C28H42N4O3.C2H6/c1-6-8-22-21-11-13-30(25(33)7-2)17-23(21)27(19(3)4)29-28(22)31-14-15-32(26(34)12-16-35-5)24(18-31)20-9-10-20;1-2/h7,19-20,24H,2,6,8-18H2,1,3-5H3;1-2H3. The Morgan fingerprint density at radius 2 is 1.89 bits per heavy atom. The number of ether oxygens (including phenoxy) is 1. The first-order valence-corrected chi connectivity index (χ1v) is 14.4. The van der Waals surface area contributed by atoms with Crippen molar-refractivity contribution in [3.8, 4) is 0 Å². The quantitative estimate of drug-likeness (QED) is 0.448. The first-order chi connectivity index (χ1) is 17.9. The molecular formula is C30H48N4O3. The number of anilines is 1. The highest BCUT2D eigenvalue weighted by molar-refractivity contribution is 5.87. The van der Waals surface area contributed by atoms with Gasteiger partial charge in [-0.1, -0.05) is 47.6 Å². The van der Waals surface area contributed by atoms with Gasteiger partial charge in [0.15, 0.2) is 0 Å². The molecule has 3 aliphatic rings. The Morgan fingerprint density at radius 3 is 2.49 bits per heavy atom. The Hall–Kier alpha value is -2.41. The monoisotopic (exact) mass is 512 g/mol. The summed E-state index contributed by atoms with van der Waals surface area (Å²) in [5.74, 6) is 2.19. The molecule has 4 rings (SSSR count). The largest absolute Gasteiger partial charge is 0.384 e. The Bertz CT molecular complexity index is 957. The first-order valence-electron chi connectivity index (χ1n) is 14.4. The molecule has 1 aromatic rings. The molecule has 2 amide bonds. The lowest BCUT2D eigenvalue weighted by atomic mass is 9.88. The molecule has 7 heteroatoms. The van der Waals surface area contributed by atoms with Crippen LogP contribution in [0.3, 0.4) is 0 Å². The molecule has 0 spiro atoms. The van der Waals surface area contributed by atoms with Gasteiger partial charge in [0.2, 0.25) is 11.8 Å². The lowest BCUT2D eigenvalue weighted by molar-refractivity contribution is -0.135. The van der Waals surface area contributed by atoms with Crippen LogP contribution in [0.25, 0.3) is 0 Å². The van der Waals surface area contributed by atoms with Crippen LogP contribution >= 0.6 is 0 Å². The van der Waals surface area contributed by atoms with E-state index < -0.39 is 0 Å². The number of nitrogens with zero attached hydrogens (tertiary/aromatic N) is 4. The van der Waals surface area contributed by atoms with Crippen LogP contribution in [0.4, 0.5) is 5.82 Å². The van der Waals surface area contributed by atoms with Crippen LogP contribution in [-0.4, -0.2) is 72.5 Å². The summed E-state index contributed by atoms with van der Waals surface area (Å²) in [4.78, 5) is 37.1. The number of carbonyl (C=O) groups is 2. The lowest BCUT2D eigenvalue weighted by Gasteiger charge is -2.44. The second-order valence-corrected chi connectivity index (χ2v) is 10.6. The van der Waals surface area contributed by atoms with Gasteiger partial charge in [0, 0.05) is 39.8 Å². The molecule has 3 heterocycles. The van der Waals surface area contributed by atoms with E-state index in [1.807, 2.05) is 18.7 Å². The zero-order valence-corrected chi connectivity index (χ0v) is 24.0. The Balaban J connectivity index is 0.00000186. The summed E-state index contributed by atoms with van der Waals surface area (Å²) in [6.07, 6.45) is 7.18. The average molecular weight is 513 g/mol. The van der Waals surface area contributed by atoms with E-state index in [2.05, 4.69) is 37.1 Å². The second-order valence-electron chi connectivity index (χ2n) is 10.6. The molecule has 0 bridgehead atoms. The summed E-state index contributed by atoms with van der Waals surface area (Å²) in [5.41, 5.74) is 5.10. The van der Waals surface area contributed by atoms with Crippen molar-refractivity contribution in [3.05, 3.63) is 35.0 Å². The number of aromatic nitrogens is 1. The summed E-state index contributed by atoms with van der Waals surface area (Å²) in [5, 5.41) is 0. The fourth-order valence-corrected chi connectivity index (χ4v) is 5.81. The molecule has 1 saturated heterocycles. The van der Waals surface area contributed by atoms with Gasteiger partial charge in [-0.25, -0.2) is 4.98 Å². The van der Waals surface area contributed by atoms with Crippen molar-refractivity contribution >= 4 is 17.6 Å². The van der Waals surface area contributed by atoms with Crippen molar-refractivity contribution in [2.24, 2.45) is 5.92 Å². The summed E-state index contributed by atoms with van der Waals surface area (Å²) in [6.45, 7) is 18.5. The number of fused-ring (bicyclic) bond motifs is 1. The molecule has 1 aliphatic carbocycles. The van der Waals surface area contributed by atoms with Crippen LogP contribution < -0.4 is 4.90 Å². The molecule has 1 aromatic heterocycles. The van der Waals surface area contributed by atoms with Gasteiger partial charge in [0.05, 0.1) is 24.8 Å². The summed E-state index contributed by atoms with van der Waals surface area (Å²) in [7, 11) is 1.65. The highest BCUT2D eigenvalue weighted by Gasteiger charge is 2.41. The van der Waals surface area contributed by atoms with Crippen LogP contribution in [0.15, 0.2) is 12.7 Å². The van der Waals surface area contributed by atoms with Crippen molar-refractivity contribution in [2.45, 2.75) is 91.6 Å². The van der Waals surface area contributed by atoms with Crippen molar-refractivity contribution in [2.75, 3.05) is 44.8 Å². The van der Waals surface area contributed by atoms with Gasteiger partial charge in [-0.2, -0.15) is 0 Å². The Kier molecular flexibility index (Phi) is 10.6. The van der Waals surface area contributed by atoms with E-state index in [-0.39, 0.29) is 23.8 Å². The highest BCUT2D eigenvalue weighted by Crippen LogP contribution is 2.40. The van der Waals surface area contributed by atoms with Crippen LogP contribution in [0.2, 0.25) is 0 Å². The van der Waals surface area contributed by atoms with Crippen LogP contribution in [0, 0.1) is 5.92 Å². The third-order valence-corrected chi connectivity index (χ3v) is 7.77. The van der Waals surface area contributed by atoms with E-state index in [1.54, 1.807) is 7.11 Å². The van der Waals surface area contributed by atoms with Gasteiger partial charge in [-0.3, -0.25) is 9.59 Å². The smallest absolute Gasteiger partial charge is 0.246 e. The van der Waals surface area contributed by atoms with Gasteiger partial charge >= 0.3 is 0 Å². The van der Waals surface area contributed by atoms with Gasteiger partial charge in [0.1, 0.15) is 5.82 Å². The summed E-state index contributed by atoms with van der Waals surface area (Å²) in [6, 6.07) is 0.253. The predicted molar refractivity (Wildman–Crippen MR) is 150 cm³/mol. The zero-order chi connectivity index (χ0) is 27.1. The normalized spacial score (nSPS) is 19.3. The molecule has 206 valence electrons. The van der Waals surface area contributed by atoms with Crippen LogP contribution in [-0.2, 0) is 33.7 Å². The van der Waals surface area contributed by atoms with Crippen molar-refractivity contribution in [1.29, 1.82) is 0 Å². The number of hydrogen-bond acceptors (Lipinski definition) is 5. The number of carbonyl (C=O) groups excluding carboxylic acids is 2. The minimum Gasteiger partial charge on any atom is -0.384 e. The number of pyridine rings is 1. The highest BCUT2D eigenvalue weighted by atomic mass is 16.5. The number of piperazine rings is 1. The Labute approximate surface area is 224 Å². The van der Waals surface area contributed by atoms with E-state index >= 15 is 0 Å². The van der Waals surface area contributed by atoms with E-state index in [0.29, 0.717) is 25.5 Å². The van der Waals surface area contributed by atoms with E-state index in [4.69, 9.17) is 9.72 Å². The van der Waals surface area contributed by atoms with Crippen molar-refractivity contribution in [1.82, 2.24) is 14.8 Å². The fourth-order valence-electron chi connectivity index (χ4n) is 5.81. The van der Waals surface area contributed by atoms with E-state index in [9.17, 15) is 9.59 Å². The second kappa shape index (κ2) is 13.4. The molecule has 2 fully saturated rings. The Morgan fingerprint density at radius 1 is 1.16 bits per heavy atom. The van der Waals surface area contributed by atoms with E-state index in [0.717, 1.165) is 57.0 Å². The molecule has 1 unspecified atom stereocenters. The molecule has 0 N–H and O–H groups in total. The maximum Gasteiger partial charge on any atom is 0.246 e. The molecule has 7 nitrogen and oxygen atoms in total. The third kappa shape index (κ3) is 6.54. The van der Waals surface area contributed by atoms with Crippen molar-refractivity contribution in [3.63, 3.8) is 0 Å². The molecule has 2 aliphatic heterocycles. The molecule has 0 radical (unpaired) electrons. The van der Waals surface area contributed by atoms with Crippen LogP contribution in [0.5, 0.6) is 0 Å². The number of methoxy groups -OCH3 is 1. The summed E-state index contributed by atoms with van der Waals surface area (Å²) < 4.78 is 5.17. The van der Waals surface area contributed by atoms with Gasteiger partial charge in [-0.15, -0.1) is 0 Å². The molecule has 0 aromatic carbocycles. The number of rotatable bonds is 9. The maximum absolute atomic E-state index is 12.9. The van der Waals surface area contributed by atoms with Gasteiger partial charge < -0.3 is 19.4 Å². The van der Waals surface area contributed by atoms with Crippen LogP contribution in [0.1, 0.15) is 88.6 Å². The number of amides is 2. The number of hydrogen-bond donors (Lipinski definition) is 0. The molecule has 1 saturated carbocycles. The van der Waals surface area contributed by atoms with Gasteiger partial charge in [0.25, 0.3) is 0 Å². The lowest BCUT2D eigenvalue weighted by Crippen LogP contribution is -2.56. The van der Waals surface area contributed by atoms with Crippen molar-refractivity contribution < 1.29 is 14.3 Å². The fraction of sp³-hybridized carbons (Fsp3) is 0.700. The summed E-state index contributed by atoms with van der Waals surface area (Å²) >= 11 is 0. The molecule has 1 atom stereocenters. The maximum atomic E-state index is 12.9. The first kappa shape index (κ1) is 29.2. The molecular weight excluding hydrogens is 464 g/mol. The topological polar surface area (TPSA) is 66.0 Å².